The van der Waals surface area contributed by atoms with Crippen molar-refractivity contribution in [3.63, 3.8) is 0 Å². The highest BCUT2D eigenvalue weighted by molar-refractivity contribution is 5.70. The van der Waals surface area contributed by atoms with Crippen LogP contribution in [-0.2, 0) is 0 Å². The van der Waals surface area contributed by atoms with Gasteiger partial charge in [-0.15, -0.1) is 0 Å². The maximum atomic E-state index is 13.4. The van der Waals surface area contributed by atoms with E-state index in [1.54, 1.807) is 6.07 Å². The molecule has 0 radical (unpaired) electrons. The lowest BCUT2D eigenvalue weighted by molar-refractivity contribution is 0.305. The van der Waals surface area contributed by atoms with Crippen LogP contribution in [0.2, 0.25) is 0 Å². The molecule has 1 aromatic heterocycles. The Morgan fingerprint density at radius 1 is 1.15 bits per heavy atom. The molecule has 0 aliphatic rings. The van der Waals surface area contributed by atoms with Gasteiger partial charge < -0.3 is 9.47 Å². The standard InChI is InChI=1S/C15H15F2NO2/c1-3-6-20-15-12(8-11(19-2)9-18-15)10-4-5-13(16)14(17)7-10/h4-5,7-9H,3,6H2,1-2H3. The molecule has 5 heteroatoms. The lowest BCUT2D eigenvalue weighted by Gasteiger charge is -2.11. The van der Waals surface area contributed by atoms with Gasteiger partial charge in [0.15, 0.2) is 11.6 Å². The van der Waals surface area contributed by atoms with Gasteiger partial charge in [0.25, 0.3) is 0 Å². The third-order valence-corrected chi connectivity index (χ3v) is 2.74. The van der Waals surface area contributed by atoms with Crippen molar-refractivity contribution in [2.75, 3.05) is 13.7 Å². The highest BCUT2D eigenvalue weighted by Crippen LogP contribution is 2.32. The SMILES string of the molecule is CCCOc1ncc(OC)cc1-c1ccc(F)c(F)c1. The van der Waals surface area contributed by atoms with Gasteiger partial charge in [0.05, 0.1) is 19.9 Å². The number of hydrogen-bond donors (Lipinski definition) is 0. The third-order valence-electron chi connectivity index (χ3n) is 2.74. The fourth-order valence-corrected chi connectivity index (χ4v) is 1.73. The monoisotopic (exact) mass is 279 g/mol. The van der Waals surface area contributed by atoms with Crippen molar-refractivity contribution < 1.29 is 18.3 Å². The lowest BCUT2D eigenvalue weighted by atomic mass is 10.1. The fourth-order valence-electron chi connectivity index (χ4n) is 1.73. The summed E-state index contributed by atoms with van der Waals surface area (Å²) < 4.78 is 37.0. The highest BCUT2D eigenvalue weighted by atomic mass is 19.2. The van der Waals surface area contributed by atoms with Crippen LogP contribution in [0.1, 0.15) is 13.3 Å². The Hall–Kier alpha value is -2.17. The van der Waals surface area contributed by atoms with Crippen molar-refractivity contribution >= 4 is 0 Å². The molecule has 20 heavy (non-hydrogen) atoms. The fraction of sp³-hybridized carbons (Fsp3) is 0.267. The largest absolute Gasteiger partial charge is 0.495 e. The number of pyridine rings is 1. The summed E-state index contributed by atoms with van der Waals surface area (Å²) in [5.74, 6) is -0.903. The number of benzene rings is 1. The molecule has 1 heterocycles. The van der Waals surface area contributed by atoms with Crippen LogP contribution in [0.4, 0.5) is 8.78 Å². The average molecular weight is 279 g/mol. The summed E-state index contributed by atoms with van der Waals surface area (Å²) in [6, 6.07) is 5.36. The summed E-state index contributed by atoms with van der Waals surface area (Å²) in [5, 5.41) is 0. The van der Waals surface area contributed by atoms with Crippen molar-refractivity contribution in [3.8, 4) is 22.8 Å². The predicted molar refractivity (Wildman–Crippen MR) is 71.9 cm³/mol. The molecule has 3 nitrogen and oxygen atoms in total. The van der Waals surface area contributed by atoms with Crippen molar-refractivity contribution in [1.82, 2.24) is 4.98 Å². The molecule has 0 aliphatic carbocycles. The molecule has 1 aromatic carbocycles. The Kier molecular flexibility index (Phi) is 4.50. The molecule has 0 saturated carbocycles. The van der Waals surface area contributed by atoms with Gasteiger partial charge in [0, 0.05) is 5.56 Å². The normalized spacial score (nSPS) is 10.4. The van der Waals surface area contributed by atoms with E-state index in [0.717, 1.165) is 18.6 Å². The first-order valence-electron chi connectivity index (χ1n) is 6.28. The molecule has 0 spiro atoms. The number of nitrogens with zero attached hydrogens (tertiary/aromatic N) is 1. The molecule has 0 fully saturated rings. The molecular weight excluding hydrogens is 264 g/mol. The molecular formula is C15H15F2NO2. The van der Waals surface area contributed by atoms with Crippen LogP contribution >= 0.6 is 0 Å². The molecule has 0 amide bonds. The van der Waals surface area contributed by atoms with E-state index in [1.165, 1.54) is 19.4 Å². The van der Waals surface area contributed by atoms with Gasteiger partial charge in [0.2, 0.25) is 5.88 Å². The van der Waals surface area contributed by atoms with Crippen molar-refractivity contribution in [2.24, 2.45) is 0 Å². The number of aromatic nitrogens is 1. The number of halogens is 2. The molecule has 0 aliphatic heterocycles. The second kappa shape index (κ2) is 6.32. The first-order valence-corrected chi connectivity index (χ1v) is 6.28. The Morgan fingerprint density at radius 3 is 2.60 bits per heavy atom. The molecule has 0 bridgehead atoms. The maximum Gasteiger partial charge on any atom is 0.221 e. The second-order valence-electron chi connectivity index (χ2n) is 4.21. The zero-order valence-corrected chi connectivity index (χ0v) is 11.3. The first kappa shape index (κ1) is 14.2. The quantitative estimate of drug-likeness (QED) is 0.833. The van der Waals surface area contributed by atoms with Crippen LogP contribution in [0, 0.1) is 11.6 Å². The number of methoxy groups -OCH3 is 1. The average Bonchev–Trinajstić information content (AvgIpc) is 2.48. The van der Waals surface area contributed by atoms with Gasteiger partial charge in [-0.3, -0.25) is 0 Å². The maximum absolute atomic E-state index is 13.4. The van der Waals surface area contributed by atoms with E-state index in [-0.39, 0.29) is 0 Å². The zero-order chi connectivity index (χ0) is 14.5. The van der Waals surface area contributed by atoms with Gasteiger partial charge in [-0.2, -0.15) is 0 Å². The van der Waals surface area contributed by atoms with E-state index in [2.05, 4.69) is 4.98 Å². The van der Waals surface area contributed by atoms with Crippen LogP contribution in [0.5, 0.6) is 11.6 Å². The third kappa shape index (κ3) is 3.04. The van der Waals surface area contributed by atoms with E-state index >= 15 is 0 Å². The Morgan fingerprint density at radius 2 is 1.95 bits per heavy atom. The molecule has 2 rings (SSSR count). The number of hydrogen-bond acceptors (Lipinski definition) is 3. The van der Waals surface area contributed by atoms with Crippen molar-refractivity contribution in [2.45, 2.75) is 13.3 Å². The smallest absolute Gasteiger partial charge is 0.221 e. The minimum atomic E-state index is -0.910. The minimum absolute atomic E-state index is 0.374. The highest BCUT2D eigenvalue weighted by Gasteiger charge is 2.12. The number of ether oxygens (including phenoxy) is 2. The van der Waals surface area contributed by atoms with E-state index in [1.807, 2.05) is 6.92 Å². The molecule has 0 N–H and O–H groups in total. The number of rotatable bonds is 5. The summed E-state index contributed by atoms with van der Waals surface area (Å²) in [4.78, 5) is 4.15. The first-order chi connectivity index (χ1) is 9.65. The summed E-state index contributed by atoms with van der Waals surface area (Å²) >= 11 is 0. The topological polar surface area (TPSA) is 31.4 Å². The van der Waals surface area contributed by atoms with Gasteiger partial charge in [0.1, 0.15) is 5.75 Å². The van der Waals surface area contributed by atoms with E-state index in [4.69, 9.17) is 9.47 Å². The summed E-state index contributed by atoms with van der Waals surface area (Å²) in [7, 11) is 1.51. The Bertz CT molecular complexity index is 602. The van der Waals surface area contributed by atoms with Gasteiger partial charge in [-0.05, 0) is 30.2 Å². The lowest BCUT2D eigenvalue weighted by Crippen LogP contribution is -2.00. The molecule has 0 atom stereocenters. The van der Waals surface area contributed by atoms with E-state index in [0.29, 0.717) is 29.4 Å². The van der Waals surface area contributed by atoms with Crippen molar-refractivity contribution in [1.29, 1.82) is 0 Å². The van der Waals surface area contributed by atoms with Gasteiger partial charge in [-0.1, -0.05) is 13.0 Å². The molecule has 0 unspecified atom stereocenters. The summed E-state index contributed by atoms with van der Waals surface area (Å²) in [6.45, 7) is 2.47. The van der Waals surface area contributed by atoms with Crippen LogP contribution < -0.4 is 9.47 Å². The second-order valence-corrected chi connectivity index (χ2v) is 4.21. The zero-order valence-electron chi connectivity index (χ0n) is 11.3. The van der Waals surface area contributed by atoms with Crippen LogP contribution in [-0.4, -0.2) is 18.7 Å². The predicted octanol–water partition coefficient (Wildman–Crippen LogP) is 3.82. The van der Waals surface area contributed by atoms with Crippen LogP contribution in [0.15, 0.2) is 30.5 Å². The van der Waals surface area contributed by atoms with Gasteiger partial charge in [-0.25, -0.2) is 13.8 Å². The van der Waals surface area contributed by atoms with E-state index < -0.39 is 11.6 Å². The van der Waals surface area contributed by atoms with Crippen LogP contribution in [0.3, 0.4) is 0 Å². The van der Waals surface area contributed by atoms with Crippen molar-refractivity contribution in [3.05, 3.63) is 42.1 Å². The van der Waals surface area contributed by atoms with Crippen LogP contribution in [0.25, 0.3) is 11.1 Å². The summed E-state index contributed by atoms with van der Waals surface area (Å²) in [5.41, 5.74) is 1.05. The molecule has 0 saturated heterocycles. The Labute approximate surface area is 116 Å². The molecule has 2 aromatic rings. The Balaban J connectivity index is 2.47. The summed E-state index contributed by atoms with van der Waals surface area (Å²) in [6.07, 6.45) is 2.35. The van der Waals surface area contributed by atoms with E-state index in [9.17, 15) is 8.78 Å². The van der Waals surface area contributed by atoms with Gasteiger partial charge >= 0.3 is 0 Å². The minimum Gasteiger partial charge on any atom is -0.495 e. The molecule has 106 valence electrons.